The Hall–Kier alpha value is -2.18. The Kier molecular flexibility index (Phi) is 4.42. The number of hydrogen-bond donors (Lipinski definition) is 1. The fourth-order valence-electron chi connectivity index (χ4n) is 1.31. The quantitative estimate of drug-likeness (QED) is 0.667. The molecular weight excluding hydrogens is 260 g/mol. The number of carbonyl (C=O) groups is 2. The molecule has 0 bridgehead atoms. The van der Waals surface area contributed by atoms with E-state index in [4.69, 9.17) is 5.11 Å². The van der Waals surface area contributed by atoms with Gasteiger partial charge in [0.2, 0.25) is 0 Å². The largest absolute Gasteiger partial charge is 0.508 e. The van der Waals surface area contributed by atoms with Gasteiger partial charge < -0.3 is 14.7 Å². The molecule has 1 aromatic carbocycles. The molecule has 0 heterocycles. The van der Waals surface area contributed by atoms with E-state index in [0.29, 0.717) is 4.90 Å². The maximum Gasteiger partial charge on any atom is 0.419 e. The number of alkyl halides is 2. The molecule has 1 rings (SSSR count). The number of amides is 1. The number of aromatic hydroxyl groups is 1. The Morgan fingerprint density at radius 1 is 1.32 bits per heavy atom. The van der Waals surface area contributed by atoms with Crippen molar-refractivity contribution in [2.45, 2.75) is 12.8 Å². The summed E-state index contributed by atoms with van der Waals surface area (Å²) in [6, 6.07) is 5.02. The summed E-state index contributed by atoms with van der Waals surface area (Å²) >= 11 is 0. The van der Waals surface area contributed by atoms with Gasteiger partial charge in [0.05, 0.1) is 6.61 Å². The lowest BCUT2D eigenvalue weighted by Crippen LogP contribution is -2.47. The molecule has 0 aromatic heterocycles. The zero-order chi connectivity index (χ0) is 14.6. The van der Waals surface area contributed by atoms with E-state index in [1.165, 1.54) is 31.2 Å². The third kappa shape index (κ3) is 3.18. The fourth-order valence-corrected chi connectivity index (χ4v) is 1.31. The van der Waals surface area contributed by atoms with Gasteiger partial charge in [0.15, 0.2) is 0 Å². The number of phenolic OH excluding ortho intramolecular Hbond substituents is 1. The summed E-state index contributed by atoms with van der Waals surface area (Å²) in [5.41, 5.74) is 0.117. The number of ether oxygens (including phenoxy) is 1. The molecule has 0 aliphatic rings. The van der Waals surface area contributed by atoms with Crippen LogP contribution in [0, 0.1) is 0 Å². The van der Waals surface area contributed by atoms with Gasteiger partial charge in [-0.15, -0.1) is 0 Å². The number of anilines is 1. The summed E-state index contributed by atoms with van der Waals surface area (Å²) in [7, 11) is 1.10. The summed E-state index contributed by atoms with van der Waals surface area (Å²) < 4.78 is 31.2. The number of rotatable bonds is 4. The average molecular weight is 273 g/mol. The molecule has 0 saturated carbocycles. The number of halogens is 2. The lowest BCUT2D eigenvalue weighted by Gasteiger charge is -2.22. The van der Waals surface area contributed by atoms with Gasteiger partial charge in [-0.3, -0.25) is 4.79 Å². The third-order valence-electron chi connectivity index (χ3n) is 2.34. The first-order valence-corrected chi connectivity index (χ1v) is 5.43. The Balaban J connectivity index is 2.92. The predicted molar refractivity (Wildman–Crippen MR) is 63.1 cm³/mol. The molecule has 5 nitrogen and oxygen atoms in total. The first-order chi connectivity index (χ1) is 8.80. The Morgan fingerprint density at radius 2 is 1.84 bits per heavy atom. The maximum absolute atomic E-state index is 13.5. The van der Waals surface area contributed by atoms with E-state index in [-0.39, 0.29) is 18.0 Å². The SMILES string of the molecule is CCOC(=O)C(F)(F)C(=O)N(C)c1ccc(O)cc1. The van der Waals surface area contributed by atoms with E-state index >= 15 is 0 Å². The van der Waals surface area contributed by atoms with Gasteiger partial charge in [0.25, 0.3) is 0 Å². The minimum absolute atomic E-state index is 0.0678. The van der Waals surface area contributed by atoms with Gasteiger partial charge >= 0.3 is 17.8 Å². The van der Waals surface area contributed by atoms with Crippen LogP contribution in [0.2, 0.25) is 0 Å². The molecule has 1 aromatic rings. The van der Waals surface area contributed by atoms with Crippen LogP contribution < -0.4 is 4.90 Å². The molecule has 0 saturated heterocycles. The summed E-state index contributed by atoms with van der Waals surface area (Å²) in [6.45, 7) is 1.12. The standard InChI is InChI=1S/C12H13F2NO4/c1-3-19-11(18)12(13,14)10(17)15(2)8-4-6-9(16)7-5-8/h4-7,16H,3H2,1-2H3. The lowest BCUT2D eigenvalue weighted by atomic mass is 10.2. The molecular formula is C12H13F2NO4. The Bertz CT molecular complexity index is 473. The smallest absolute Gasteiger partial charge is 0.419 e. The first kappa shape index (κ1) is 14.9. The minimum Gasteiger partial charge on any atom is -0.508 e. The van der Waals surface area contributed by atoms with E-state index in [9.17, 15) is 18.4 Å². The van der Waals surface area contributed by atoms with Crippen molar-refractivity contribution in [3.8, 4) is 5.75 Å². The summed E-state index contributed by atoms with van der Waals surface area (Å²) in [4.78, 5) is 23.2. The summed E-state index contributed by atoms with van der Waals surface area (Å²) in [5, 5.41) is 9.07. The fraction of sp³-hybridized carbons (Fsp3) is 0.333. The van der Waals surface area contributed by atoms with Crippen LogP contribution in [0.5, 0.6) is 5.75 Å². The second-order valence-corrected chi connectivity index (χ2v) is 3.68. The zero-order valence-corrected chi connectivity index (χ0v) is 10.4. The molecule has 0 atom stereocenters. The van der Waals surface area contributed by atoms with Crippen molar-refractivity contribution in [3.63, 3.8) is 0 Å². The number of hydrogen-bond acceptors (Lipinski definition) is 4. The van der Waals surface area contributed by atoms with Crippen molar-refractivity contribution in [2.75, 3.05) is 18.6 Å². The molecule has 0 fully saturated rings. The van der Waals surface area contributed by atoms with Gasteiger partial charge in [0, 0.05) is 12.7 Å². The highest BCUT2D eigenvalue weighted by Gasteiger charge is 2.51. The van der Waals surface area contributed by atoms with Gasteiger partial charge in [0.1, 0.15) is 5.75 Å². The van der Waals surface area contributed by atoms with E-state index in [2.05, 4.69) is 4.74 Å². The molecule has 0 radical (unpaired) electrons. The number of nitrogens with zero attached hydrogens (tertiary/aromatic N) is 1. The first-order valence-electron chi connectivity index (χ1n) is 5.43. The van der Waals surface area contributed by atoms with Crippen molar-refractivity contribution >= 4 is 17.6 Å². The van der Waals surface area contributed by atoms with Crippen molar-refractivity contribution in [2.24, 2.45) is 0 Å². The molecule has 104 valence electrons. The molecule has 0 unspecified atom stereocenters. The van der Waals surface area contributed by atoms with Crippen LogP contribution in [0.25, 0.3) is 0 Å². The van der Waals surface area contributed by atoms with E-state index < -0.39 is 17.8 Å². The molecule has 1 amide bonds. The van der Waals surface area contributed by atoms with Crippen LogP contribution in [0.1, 0.15) is 6.92 Å². The summed E-state index contributed by atoms with van der Waals surface area (Å²) in [5.74, 6) is -7.90. The molecule has 0 aliphatic carbocycles. The maximum atomic E-state index is 13.5. The normalized spacial score (nSPS) is 10.9. The van der Waals surface area contributed by atoms with Gasteiger partial charge in [-0.25, -0.2) is 4.79 Å². The van der Waals surface area contributed by atoms with Crippen LogP contribution in [-0.2, 0) is 14.3 Å². The Morgan fingerprint density at radius 3 is 2.32 bits per heavy atom. The second-order valence-electron chi connectivity index (χ2n) is 3.68. The van der Waals surface area contributed by atoms with E-state index in [1.54, 1.807) is 0 Å². The highest BCUT2D eigenvalue weighted by Crippen LogP contribution is 2.24. The average Bonchev–Trinajstić information content (AvgIpc) is 2.38. The number of benzene rings is 1. The Labute approximate surface area is 108 Å². The van der Waals surface area contributed by atoms with Crippen molar-refractivity contribution < 1.29 is 28.2 Å². The van der Waals surface area contributed by atoms with Crippen LogP contribution in [0.3, 0.4) is 0 Å². The van der Waals surface area contributed by atoms with Crippen LogP contribution in [0.4, 0.5) is 14.5 Å². The number of carbonyl (C=O) groups excluding carboxylic acids is 2. The summed E-state index contributed by atoms with van der Waals surface area (Å²) in [6.07, 6.45) is 0. The predicted octanol–water partition coefficient (Wildman–Crippen LogP) is 1.55. The van der Waals surface area contributed by atoms with Crippen LogP contribution >= 0.6 is 0 Å². The zero-order valence-electron chi connectivity index (χ0n) is 10.4. The second kappa shape index (κ2) is 5.64. The highest BCUT2D eigenvalue weighted by molar-refractivity contribution is 6.11. The minimum atomic E-state index is -4.25. The number of esters is 1. The molecule has 0 aliphatic heterocycles. The van der Waals surface area contributed by atoms with E-state index in [1.807, 2.05) is 0 Å². The van der Waals surface area contributed by atoms with E-state index in [0.717, 1.165) is 7.05 Å². The molecule has 7 heteroatoms. The highest BCUT2D eigenvalue weighted by atomic mass is 19.3. The molecule has 19 heavy (non-hydrogen) atoms. The van der Waals surface area contributed by atoms with Crippen LogP contribution in [-0.4, -0.2) is 36.6 Å². The number of phenols is 1. The monoisotopic (exact) mass is 273 g/mol. The van der Waals surface area contributed by atoms with Gasteiger partial charge in [-0.05, 0) is 31.2 Å². The molecule has 0 spiro atoms. The van der Waals surface area contributed by atoms with Crippen molar-refractivity contribution in [3.05, 3.63) is 24.3 Å². The third-order valence-corrected chi connectivity index (χ3v) is 2.34. The van der Waals surface area contributed by atoms with Crippen molar-refractivity contribution in [1.82, 2.24) is 0 Å². The van der Waals surface area contributed by atoms with Crippen LogP contribution in [0.15, 0.2) is 24.3 Å². The topological polar surface area (TPSA) is 66.8 Å². The van der Waals surface area contributed by atoms with Gasteiger partial charge in [-0.2, -0.15) is 8.78 Å². The lowest BCUT2D eigenvalue weighted by molar-refractivity contribution is -0.176. The van der Waals surface area contributed by atoms with Crippen molar-refractivity contribution in [1.29, 1.82) is 0 Å². The van der Waals surface area contributed by atoms with Gasteiger partial charge in [-0.1, -0.05) is 0 Å². The molecule has 1 N–H and O–H groups in total.